The van der Waals surface area contributed by atoms with Crippen LogP contribution in [0.5, 0.6) is 0 Å². The molecule has 0 radical (unpaired) electrons. The molecule has 3 aromatic rings. The van der Waals surface area contributed by atoms with Crippen molar-refractivity contribution in [1.29, 1.82) is 0 Å². The summed E-state index contributed by atoms with van der Waals surface area (Å²) in [6.07, 6.45) is 6.73. The highest BCUT2D eigenvalue weighted by atomic mass is 15.3. The fourth-order valence-corrected chi connectivity index (χ4v) is 4.51. The van der Waals surface area contributed by atoms with E-state index in [4.69, 9.17) is 4.98 Å². The fraction of sp³-hybridized carbons (Fsp3) is 0.455. The third-order valence-corrected chi connectivity index (χ3v) is 5.71. The molecule has 142 valence electrons. The number of hydrogen-bond donors (Lipinski definition) is 0. The summed E-state index contributed by atoms with van der Waals surface area (Å²) in [4.78, 5) is 9.75. The topological polar surface area (TPSA) is 37.2 Å². The van der Waals surface area contributed by atoms with Crippen LogP contribution in [0.3, 0.4) is 0 Å². The molecule has 0 amide bonds. The standard InChI is InChI=1S/C22H29N5/c1-25(16-20-11-10-17-7-4-5-9-21(17)24-20)14-18-8-6-12-26(2)22(18)19-13-23-27(3)15-19/h4-5,7,9-11,13,15,18,22H,6,8,12,14,16H2,1-3H3/t18-,22+/m0/s1. The number of aryl methyl sites for hydroxylation is 1. The molecule has 5 heteroatoms. The first-order valence-corrected chi connectivity index (χ1v) is 9.82. The zero-order valence-corrected chi connectivity index (χ0v) is 16.5. The van der Waals surface area contributed by atoms with Crippen molar-refractivity contribution in [3.8, 4) is 0 Å². The molecule has 1 saturated heterocycles. The van der Waals surface area contributed by atoms with Crippen LogP contribution in [-0.2, 0) is 13.6 Å². The molecule has 0 N–H and O–H groups in total. The molecule has 4 rings (SSSR count). The number of piperidine rings is 1. The number of para-hydroxylation sites is 1. The summed E-state index contributed by atoms with van der Waals surface area (Å²) < 4.78 is 1.91. The van der Waals surface area contributed by atoms with E-state index < -0.39 is 0 Å². The third kappa shape index (κ3) is 4.04. The lowest BCUT2D eigenvalue weighted by Gasteiger charge is -2.40. The van der Waals surface area contributed by atoms with Crippen LogP contribution in [0.2, 0.25) is 0 Å². The van der Waals surface area contributed by atoms with Crippen LogP contribution in [0.25, 0.3) is 10.9 Å². The van der Waals surface area contributed by atoms with E-state index in [0.717, 1.165) is 30.8 Å². The van der Waals surface area contributed by atoms with Crippen LogP contribution in [0.15, 0.2) is 48.8 Å². The predicted molar refractivity (Wildman–Crippen MR) is 109 cm³/mol. The highest BCUT2D eigenvalue weighted by molar-refractivity contribution is 5.78. The summed E-state index contributed by atoms with van der Waals surface area (Å²) >= 11 is 0. The average molecular weight is 364 g/mol. The largest absolute Gasteiger partial charge is 0.300 e. The van der Waals surface area contributed by atoms with Crippen molar-refractivity contribution in [2.75, 3.05) is 27.2 Å². The van der Waals surface area contributed by atoms with Crippen LogP contribution < -0.4 is 0 Å². The second-order valence-electron chi connectivity index (χ2n) is 7.97. The quantitative estimate of drug-likeness (QED) is 0.695. The maximum Gasteiger partial charge on any atom is 0.0705 e. The van der Waals surface area contributed by atoms with Gasteiger partial charge in [-0.05, 0) is 51.5 Å². The van der Waals surface area contributed by atoms with Crippen LogP contribution in [0.1, 0.15) is 30.1 Å². The van der Waals surface area contributed by atoms with Gasteiger partial charge in [-0.25, -0.2) is 0 Å². The number of likely N-dealkylation sites (tertiary alicyclic amines) is 1. The monoisotopic (exact) mass is 363 g/mol. The second kappa shape index (κ2) is 7.79. The molecule has 2 atom stereocenters. The van der Waals surface area contributed by atoms with Gasteiger partial charge in [0.05, 0.1) is 17.4 Å². The highest BCUT2D eigenvalue weighted by Crippen LogP contribution is 2.35. The van der Waals surface area contributed by atoms with Crippen molar-refractivity contribution < 1.29 is 0 Å². The Morgan fingerprint density at radius 1 is 1.15 bits per heavy atom. The maximum absolute atomic E-state index is 4.84. The van der Waals surface area contributed by atoms with E-state index in [0.29, 0.717) is 12.0 Å². The number of nitrogens with zero attached hydrogens (tertiary/aromatic N) is 5. The Labute approximate surface area is 161 Å². The SMILES string of the molecule is CN(Cc1ccc2ccccc2n1)C[C@@H]1CCCN(C)[C@H]1c1cnn(C)c1. The smallest absolute Gasteiger partial charge is 0.0705 e. The van der Waals surface area contributed by atoms with E-state index in [1.54, 1.807) is 0 Å². The Bertz CT molecular complexity index is 902. The Hall–Kier alpha value is -2.24. The fourth-order valence-electron chi connectivity index (χ4n) is 4.51. The minimum absolute atomic E-state index is 0.444. The van der Waals surface area contributed by atoms with E-state index in [2.05, 4.69) is 71.6 Å². The van der Waals surface area contributed by atoms with Gasteiger partial charge >= 0.3 is 0 Å². The molecule has 27 heavy (non-hydrogen) atoms. The number of fused-ring (bicyclic) bond motifs is 1. The van der Waals surface area contributed by atoms with E-state index in [1.807, 2.05) is 17.9 Å². The summed E-state index contributed by atoms with van der Waals surface area (Å²) in [5.41, 5.74) is 3.55. The van der Waals surface area contributed by atoms with Gasteiger partial charge in [0.15, 0.2) is 0 Å². The van der Waals surface area contributed by atoms with E-state index >= 15 is 0 Å². The van der Waals surface area contributed by atoms with Crippen molar-refractivity contribution in [3.63, 3.8) is 0 Å². The minimum atomic E-state index is 0.444. The van der Waals surface area contributed by atoms with Gasteiger partial charge in [0.1, 0.15) is 0 Å². The Kier molecular flexibility index (Phi) is 5.23. The van der Waals surface area contributed by atoms with Gasteiger partial charge in [0.25, 0.3) is 0 Å². The van der Waals surface area contributed by atoms with Gasteiger partial charge in [0, 0.05) is 43.3 Å². The van der Waals surface area contributed by atoms with Crippen LogP contribution in [0, 0.1) is 5.92 Å². The Balaban J connectivity index is 1.47. The Morgan fingerprint density at radius 2 is 2.00 bits per heavy atom. The molecule has 3 heterocycles. The van der Waals surface area contributed by atoms with E-state index in [1.165, 1.54) is 23.8 Å². The second-order valence-corrected chi connectivity index (χ2v) is 7.97. The molecule has 2 aromatic heterocycles. The van der Waals surface area contributed by atoms with Crippen molar-refractivity contribution in [1.82, 2.24) is 24.6 Å². The van der Waals surface area contributed by atoms with Gasteiger partial charge in [-0.2, -0.15) is 5.10 Å². The normalized spacial score (nSPS) is 21.2. The predicted octanol–water partition coefficient (Wildman–Crippen LogP) is 3.48. The van der Waals surface area contributed by atoms with Crippen molar-refractivity contribution in [3.05, 3.63) is 60.0 Å². The lowest BCUT2D eigenvalue weighted by Crippen LogP contribution is -2.40. The van der Waals surface area contributed by atoms with Gasteiger partial charge in [-0.3, -0.25) is 14.6 Å². The molecule has 5 nitrogen and oxygen atoms in total. The lowest BCUT2D eigenvalue weighted by molar-refractivity contribution is 0.0923. The minimum Gasteiger partial charge on any atom is -0.300 e. The van der Waals surface area contributed by atoms with Gasteiger partial charge in [-0.1, -0.05) is 24.3 Å². The molecule has 1 fully saturated rings. The number of hydrogen-bond acceptors (Lipinski definition) is 4. The molecule has 0 unspecified atom stereocenters. The summed E-state index contributed by atoms with van der Waals surface area (Å²) in [5.74, 6) is 0.610. The molecule has 0 aliphatic carbocycles. The highest BCUT2D eigenvalue weighted by Gasteiger charge is 2.32. The molecule has 1 aromatic carbocycles. The zero-order chi connectivity index (χ0) is 18.8. The summed E-state index contributed by atoms with van der Waals surface area (Å²) in [6, 6.07) is 13.1. The molecular weight excluding hydrogens is 334 g/mol. The summed E-state index contributed by atoms with van der Waals surface area (Å²) in [5, 5.41) is 5.61. The number of benzene rings is 1. The molecule has 0 spiro atoms. The first-order chi connectivity index (χ1) is 13.1. The number of rotatable bonds is 5. The lowest BCUT2D eigenvalue weighted by atomic mass is 9.85. The number of pyridine rings is 1. The van der Waals surface area contributed by atoms with Gasteiger partial charge in [0.2, 0.25) is 0 Å². The van der Waals surface area contributed by atoms with Crippen LogP contribution >= 0.6 is 0 Å². The summed E-state index contributed by atoms with van der Waals surface area (Å²) in [7, 11) is 6.46. The third-order valence-electron chi connectivity index (χ3n) is 5.71. The zero-order valence-electron chi connectivity index (χ0n) is 16.5. The first-order valence-electron chi connectivity index (χ1n) is 9.82. The molecule has 0 saturated carbocycles. The van der Waals surface area contributed by atoms with Crippen LogP contribution in [-0.4, -0.2) is 51.7 Å². The summed E-state index contributed by atoms with van der Waals surface area (Å²) in [6.45, 7) is 3.11. The number of aromatic nitrogens is 3. The van der Waals surface area contributed by atoms with Crippen molar-refractivity contribution in [2.45, 2.75) is 25.4 Å². The van der Waals surface area contributed by atoms with E-state index in [-0.39, 0.29) is 0 Å². The van der Waals surface area contributed by atoms with Crippen LogP contribution in [0.4, 0.5) is 0 Å². The van der Waals surface area contributed by atoms with Crippen molar-refractivity contribution in [2.24, 2.45) is 13.0 Å². The molecule has 1 aliphatic heterocycles. The molecular formula is C22H29N5. The van der Waals surface area contributed by atoms with E-state index in [9.17, 15) is 0 Å². The Morgan fingerprint density at radius 3 is 2.81 bits per heavy atom. The first kappa shape index (κ1) is 18.1. The average Bonchev–Trinajstić information content (AvgIpc) is 3.07. The molecule has 1 aliphatic rings. The van der Waals surface area contributed by atoms with Crippen molar-refractivity contribution >= 4 is 10.9 Å². The molecule has 0 bridgehead atoms. The van der Waals surface area contributed by atoms with Gasteiger partial charge < -0.3 is 4.90 Å². The van der Waals surface area contributed by atoms with Gasteiger partial charge in [-0.15, -0.1) is 0 Å². The maximum atomic E-state index is 4.84.